The molecule has 0 spiro atoms. The van der Waals surface area contributed by atoms with Gasteiger partial charge < -0.3 is 10.5 Å². The van der Waals surface area contributed by atoms with Crippen LogP contribution in [0, 0.1) is 18.3 Å². The predicted molar refractivity (Wildman–Crippen MR) is 82.1 cm³/mol. The lowest BCUT2D eigenvalue weighted by atomic mass is 10.1. The van der Waals surface area contributed by atoms with Crippen LogP contribution in [0.3, 0.4) is 0 Å². The van der Waals surface area contributed by atoms with Gasteiger partial charge in [-0.2, -0.15) is 5.26 Å². The van der Waals surface area contributed by atoms with Crippen molar-refractivity contribution in [3.8, 4) is 17.6 Å². The molecule has 0 aliphatic carbocycles. The smallest absolute Gasteiger partial charge is 0.156 e. The van der Waals surface area contributed by atoms with Gasteiger partial charge in [0, 0.05) is 17.3 Å². The fourth-order valence-electron chi connectivity index (χ4n) is 2.20. The van der Waals surface area contributed by atoms with Crippen LogP contribution in [-0.2, 0) is 0 Å². The molecule has 0 fully saturated rings. The van der Waals surface area contributed by atoms with Gasteiger partial charge in [-0.1, -0.05) is 12.1 Å². The van der Waals surface area contributed by atoms with E-state index in [0.29, 0.717) is 22.7 Å². The molecule has 3 rings (SSSR count). The maximum atomic E-state index is 9.28. The zero-order valence-corrected chi connectivity index (χ0v) is 11.5. The third-order valence-corrected chi connectivity index (χ3v) is 3.26. The molecule has 4 nitrogen and oxygen atoms in total. The molecule has 21 heavy (non-hydrogen) atoms. The number of hydrogen-bond acceptors (Lipinski definition) is 4. The van der Waals surface area contributed by atoms with E-state index in [1.54, 1.807) is 12.1 Å². The van der Waals surface area contributed by atoms with Crippen LogP contribution in [0.15, 0.2) is 48.7 Å². The number of fused-ring (bicyclic) bond motifs is 1. The van der Waals surface area contributed by atoms with Crippen LogP contribution < -0.4 is 10.5 Å². The van der Waals surface area contributed by atoms with Crippen molar-refractivity contribution in [1.29, 1.82) is 5.26 Å². The molecule has 0 saturated heterocycles. The fraction of sp³-hybridized carbons (Fsp3) is 0.0588. The largest absolute Gasteiger partial charge is 0.455 e. The van der Waals surface area contributed by atoms with Crippen LogP contribution >= 0.6 is 0 Å². The SMILES string of the molecule is Cc1cc(N)ccc1Oc1c(C#N)cnc2ccccc12. The first-order valence-electron chi connectivity index (χ1n) is 6.51. The molecule has 3 aromatic rings. The molecular weight excluding hydrogens is 262 g/mol. The van der Waals surface area contributed by atoms with E-state index < -0.39 is 0 Å². The van der Waals surface area contributed by atoms with Crippen molar-refractivity contribution >= 4 is 16.6 Å². The maximum absolute atomic E-state index is 9.28. The minimum absolute atomic E-state index is 0.407. The Bertz CT molecular complexity index is 866. The second-order valence-electron chi connectivity index (χ2n) is 4.76. The molecule has 2 N–H and O–H groups in total. The molecule has 0 aliphatic rings. The lowest BCUT2D eigenvalue weighted by molar-refractivity contribution is 0.482. The zero-order chi connectivity index (χ0) is 14.8. The van der Waals surface area contributed by atoms with Gasteiger partial charge >= 0.3 is 0 Å². The highest BCUT2D eigenvalue weighted by atomic mass is 16.5. The Labute approximate surface area is 122 Å². The quantitative estimate of drug-likeness (QED) is 0.722. The molecule has 0 radical (unpaired) electrons. The molecule has 0 atom stereocenters. The Kier molecular flexibility index (Phi) is 3.17. The number of pyridine rings is 1. The van der Waals surface area contributed by atoms with E-state index in [9.17, 15) is 5.26 Å². The third-order valence-electron chi connectivity index (χ3n) is 3.26. The Morgan fingerprint density at radius 1 is 1.19 bits per heavy atom. The van der Waals surface area contributed by atoms with Gasteiger partial charge in [-0.25, -0.2) is 0 Å². The van der Waals surface area contributed by atoms with Crippen molar-refractivity contribution < 1.29 is 4.74 Å². The average Bonchev–Trinajstić information content (AvgIpc) is 2.50. The summed E-state index contributed by atoms with van der Waals surface area (Å²) in [5, 5.41) is 10.1. The summed E-state index contributed by atoms with van der Waals surface area (Å²) >= 11 is 0. The number of hydrogen-bond donors (Lipinski definition) is 1. The van der Waals surface area contributed by atoms with Gasteiger partial charge in [0.2, 0.25) is 0 Å². The molecule has 0 amide bonds. The van der Waals surface area contributed by atoms with Crippen molar-refractivity contribution in [3.05, 3.63) is 59.8 Å². The Hall–Kier alpha value is -3.06. The number of rotatable bonds is 2. The van der Waals surface area contributed by atoms with Crippen LogP contribution in [0.2, 0.25) is 0 Å². The summed E-state index contributed by atoms with van der Waals surface area (Å²) in [6.45, 7) is 1.92. The normalized spacial score (nSPS) is 10.3. The number of anilines is 1. The number of nitrogens with zero attached hydrogens (tertiary/aromatic N) is 2. The second-order valence-corrected chi connectivity index (χ2v) is 4.76. The topological polar surface area (TPSA) is 71.9 Å². The van der Waals surface area contributed by atoms with Gasteiger partial charge in [-0.15, -0.1) is 0 Å². The molecule has 0 saturated carbocycles. The third kappa shape index (κ3) is 2.37. The summed E-state index contributed by atoms with van der Waals surface area (Å²) in [6, 6.07) is 15.1. The fourth-order valence-corrected chi connectivity index (χ4v) is 2.20. The monoisotopic (exact) mass is 275 g/mol. The molecule has 0 unspecified atom stereocenters. The molecule has 2 aromatic carbocycles. The number of nitriles is 1. The van der Waals surface area contributed by atoms with E-state index >= 15 is 0 Å². The van der Waals surface area contributed by atoms with Crippen LogP contribution in [0.25, 0.3) is 10.9 Å². The highest BCUT2D eigenvalue weighted by Gasteiger charge is 2.12. The Morgan fingerprint density at radius 2 is 2.00 bits per heavy atom. The van der Waals surface area contributed by atoms with Crippen molar-refractivity contribution in [2.75, 3.05) is 5.73 Å². The Morgan fingerprint density at radius 3 is 2.76 bits per heavy atom. The van der Waals surface area contributed by atoms with Gasteiger partial charge in [-0.3, -0.25) is 4.98 Å². The van der Waals surface area contributed by atoms with E-state index in [0.717, 1.165) is 16.5 Å². The number of nitrogens with two attached hydrogens (primary N) is 1. The highest BCUT2D eigenvalue weighted by molar-refractivity contribution is 5.87. The van der Waals surface area contributed by atoms with Gasteiger partial charge in [0.15, 0.2) is 5.75 Å². The lowest BCUT2D eigenvalue weighted by Crippen LogP contribution is -1.95. The van der Waals surface area contributed by atoms with Crippen LogP contribution in [0.1, 0.15) is 11.1 Å². The molecule has 102 valence electrons. The maximum Gasteiger partial charge on any atom is 0.156 e. The number of aromatic nitrogens is 1. The first-order chi connectivity index (χ1) is 10.2. The number of ether oxygens (including phenoxy) is 1. The molecule has 0 bridgehead atoms. The van der Waals surface area contributed by atoms with Crippen molar-refractivity contribution in [1.82, 2.24) is 4.98 Å². The summed E-state index contributed by atoms with van der Waals surface area (Å²) in [4.78, 5) is 4.27. The molecule has 1 heterocycles. The van der Waals surface area contributed by atoms with Crippen LogP contribution in [0.5, 0.6) is 11.5 Å². The van der Waals surface area contributed by atoms with Crippen molar-refractivity contribution in [3.63, 3.8) is 0 Å². The first kappa shape index (κ1) is 12.9. The molecule has 0 aliphatic heterocycles. The van der Waals surface area contributed by atoms with Gasteiger partial charge in [0.1, 0.15) is 17.4 Å². The molecular formula is C17H13N3O. The zero-order valence-electron chi connectivity index (χ0n) is 11.5. The minimum Gasteiger partial charge on any atom is -0.455 e. The van der Waals surface area contributed by atoms with Gasteiger partial charge in [0.05, 0.1) is 5.52 Å². The number of aryl methyl sites for hydroxylation is 1. The molecule has 1 aromatic heterocycles. The van der Waals surface area contributed by atoms with Crippen LogP contribution in [-0.4, -0.2) is 4.98 Å². The first-order valence-corrected chi connectivity index (χ1v) is 6.51. The molecule has 4 heteroatoms. The minimum atomic E-state index is 0.407. The summed E-state index contributed by atoms with van der Waals surface area (Å²) in [7, 11) is 0. The lowest BCUT2D eigenvalue weighted by Gasteiger charge is -2.12. The van der Waals surface area contributed by atoms with Gasteiger partial charge in [0.25, 0.3) is 0 Å². The second kappa shape index (κ2) is 5.14. The summed E-state index contributed by atoms with van der Waals surface area (Å²) in [5.74, 6) is 1.20. The summed E-state index contributed by atoms with van der Waals surface area (Å²) in [6.07, 6.45) is 1.53. The average molecular weight is 275 g/mol. The van der Waals surface area contributed by atoms with E-state index in [-0.39, 0.29) is 0 Å². The number of nitrogen functional groups attached to an aromatic ring is 1. The summed E-state index contributed by atoms with van der Waals surface area (Å²) in [5.41, 5.74) is 8.55. The highest BCUT2D eigenvalue weighted by Crippen LogP contribution is 2.33. The van der Waals surface area contributed by atoms with Crippen molar-refractivity contribution in [2.24, 2.45) is 0 Å². The van der Waals surface area contributed by atoms with E-state index in [1.807, 2.05) is 37.3 Å². The van der Waals surface area contributed by atoms with E-state index in [2.05, 4.69) is 11.1 Å². The summed E-state index contributed by atoms with van der Waals surface area (Å²) < 4.78 is 5.98. The van der Waals surface area contributed by atoms with Gasteiger partial charge in [-0.05, 0) is 42.8 Å². The number of benzene rings is 2. The van der Waals surface area contributed by atoms with Crippen molar-refractivity contribution in [2.45, 2.75) is 6.92 Å². The standard InChI is InChI=1S/C17H13N3O/c1-11-8-13(19)6-7-16(11)21-17-12(9-18)10-20-15-5-3-2-4-14(15)17/h2-8,10H,19H2,1H3. The Balaban J connectivity index is 2.17. The number of para-hydroxylation sites is 1. The van der Waals surface area contributed by atoms with E-state index in [1.165, 1.54) is 6.20 Å². The van der Waals surface area contributed by atoms with E-state index in [4.69, 9.17) is 10.5 Å². The predicted octanol–water partition coefficient (Wildman–Crippen LogP) is 3.79. The van der Waals surface area contributed by atoms with Crippen LogP contribution in [0.4, 0.5) is 5.69 Å².